The van der Waals surface area contributed by atoms with Gasteiger partial charge in [0.25, 0.3) is 5.91 Å². The molecule has 1 amide bonds. The highest BCUT2D eigenvalue weighted by atomic mass is 16.5. The standard InChI is InChI=1S/C24H21N5O4/c30-22(31)14-21(17-6-4-10-25-15-17)33-20-9-2-1-8-19(20)29-23(32)16-5-3-7-18(13-16)28-24-26-11-12-27-24/h1-13,15,21H,14H2,(H,29,32)(H,30,31)(H2,26,27,28). The third kappa shape index (κ3) is 5.73. The molecule has 0 saturated heterocycles. The zero-order chi connectivity index (χ0) is 23.0. The number of amides is 1. The Morgan fingerprint density at radius 3 is 2.70 bits per heavy atom. The van der Waals surface area contributed by atoms with Crippen molar-refractivity contribution >= 4 is 29.2 Å². The molecule has 9 heteroatoms. The molecule has 2 aromatic heterocycles. The summed E-state index contributed by atoms with van der Waals surface area (Å²) in [5, 5.41) is 15.3. The van der Waals surface area contributed by atoms with E-state index in [2.05, 4.69) is 25.6 Å². The number of hydrogen-bond acceptors (Lipinski definition) is 6. The minimum absolute atomic E-state index is 0.255. The molecule has 33 heavy (non-hydrogen) atoms. The van der Waals surface area contributed by atoms with Crippen LogP contribution in [0.15, 0.2) is 85.5 Å². The molecule has 2 aromatic carbocycles. The van der Waals surface area contributed by atoms with E-state index in [9.17, 15) is 14.7 Å². The van der Waals surface area contributed by atoms with Crippen molar-refractivity contribution in [2.75, 3.05) is 10.6 Å². The van der Waals surface area contributed by atoms with Crippen molar-refractivity contribution in [3.63, 3.8) is 0 Å². The van der Waals surface area contributed by atoms with Crippen molar-refractivity contribution in [1.29, 1.82) is 0 Å². The lowest BCUT2D eigenvalue weighted by Gasteiger charge is -2.20. The fourth-order valence-corrected chi connectivity index (χ4v) is 3.18. The Bertz CT molecular complexity index is 1230. The molecular weight excluding hydrogens is 422 g/mol. The van der Waals surface area contributed by atoms with Crippen LogP contribution in [0, 0.1) is 0 Å². The van der Waals surface area contributed by atoms with Crippen LogP contribution in [0.4, 0.5) is 17.3 Å². The first-order chi connectivity index (χ1) is 16.1. The number of carboxylic acid groups (broad SMARTS) is 1. The quantitative estimate of drug-likeness (QED) is 0.302. The monoisotopic (exact) mass is 443 g/mol. The molecule has 2 heterocycles. The molecule has 0 aliphatic heterocycles. The SMILES string of the molecule is O=C(O)CC(Oc1ccccc1NC(=O)c1cccc(Nc2ncc[nH]2)c1)c1cccnc1. The number of aromatic nitrogens is 3. The van der Waals surface area contributed by atoms with Crippen LogP contribution in [-0.4, -0.2) is 31.9 Å². The van der Waals surface area contributed by atoms with Gasteiger partial charge in [-0.05, 0) is 36.4 Å². The summed E-state index contributed by atoms with van der Waals surface area (Å²) in [6.45, 7) is 0. The van der Waals surface area contributed by atoms with Crippen molar-refractivity contribution in [3.8, 4) is 5.75 Å². The van der Waals surface area contributed by atoms with E-state index in [0.29, 0.717) is 34.2 Å². The van der Waals surface area contributed by atoms with E-state index in [1.54, 1.807) is 79.4 Å². The molecule has 0 aliphatic carbocycles. The number of carboxylic acids is 1. The molecule has 4 aromatic rings. The van der Waals surface area contributed by atoms with Crippen LogP contribution in [0.5, 0.6) is 5.75 Å². The summed E-state index contributed by atoms with van der Waals surface area (Å²) in [5.41, 5.74) is 2.17. The largest absolute Gasteiger partial charge is 0.483 e. The number of nitrogens with one attached hydrogen (secondary N) is 3. The predicted molar refractivity (Wildman–Crippen MR) is 123 cm³/mol. The average Bonchev–Trinajstić information content (AvgIpc) is 3.33. The molecule has 0 radical (unpaired) electrons. The second-order valence-corrected chi connectivity index (χ2v) is 7.08. The number of carbonyl (C=O) groups is 2. The topological polar surface area (TPSA) is 129 Å². The number of aliphatic carboxylic acids is 1. The summed E-state index contributed by atoms with van der Waals surface area (Å²) in [6.07, 6.45) is 5.46. The summed E-state index contributed by atoms with van der Waals surface area (Å²) < 4.78 is 6.01. The summed E-state index contributed by atoms with van der Waals surface area (Å²) in [5.74, 6) is -0.437. The van der Waals surface area contributed by atoms with Gasteiger partial charge in [-0.1, -0.05) is 24.3 Å². The van der Waals surface area contributed by atoms with E-state index >= 15 is 0 Å². The number of rotatable bonds is 9. The Hall–Kier alpha value is -4.66. The Balaban J connectivity index is 1.52. The number of ether oxygens (including phenoxy) is 1. The Kier molecular flexibility index (Phi) is 6.60. The van der Waals surface area contributed by atoms with Gasteiger partial charge in [-0.25, -0.2) is 4.98 Å². The number of carbonyl (C=O) groups excluding carboxylic acids is 1. The van der Waals surface area contributed by atoms with Crippen LogP contribution in [0.1, 0.15) is 28.4 Å². The highest BCUT2D eigenvalue weighted by Gasteiger charge is 2.20. The molecule has 0 spiro atoms. The molecule has 4 N–H and O–H groups in total. The number of para-hydroxylation sites is 2. The number of pyridine rings is 1. The second-order valence-electron chi connectivity index (χ2n) is 7.08. The highest BCUT2D eigenvalue weighted by molar-refractivity contribution is 6.05. The molecule has 0 bridgehead atoms. The fraction of sp³-hybridized carbons (Fsp3) is 0.0833. The third-order valence-corrected chi connectivity index (χ3v) is 4.71. The second kappa shape index (κ2) is 10.1. The maximum atomic E-state index is 12.9. The Labute approximate surface area is 189 Å². The number of hydrogen-bond donors (Lipinski definition) is 4. The minimum atomic E-state index is -1.01. The average molecular weight is 443 g/mol. The van der Waals surface area contributed by atoms with E-state index in [4.69, 9.17) is 4.74 Å². The molecule has 4 rings (SSSR count). The van der Waals surface area contributed by atoms with E-state index in [1.807, 2.05) is 6.07 Å². The highest BCUT2D eigenvalue weighted by Crippen LogP contribution is 2.31. The normalized spacial score (nSPS) is 11.4. The molecule has 0 fully saturated rings. The first kappa shape index (κ1) is 21.6. The number of imidazole rings is 1. The maximum absolute atomic E-state index is 12.9. The van der Waals surface area contributed by atoms with E-state index in [0.717, 1.165) is 0 Å². The molecule has 1 atom stereocenters. The van der Waals surface area contributed by atoms with Crippen LogP contribution in [0.3, 0.4) is 0 Å². The lowest BCUT2D eigenvalue weighted by atomic mass is 10.1. The number of nitrogens with zero attached hydrogens (tertiary/aromatic N) is 2. The zero-order valence-corrected chi connectivity index (χ0v) is 17.4. The van der Waals surface area contributed by atoms with Gasteiger partial charge in [0.15, 0.2) is 0 Å². The van der Waals surface area contributed by atoms with Crippen molar-refractivity contribution < 1.29 is 19.4 Å². The Morgan fingerprint density at radius 1 is 1.06 bits per heavy atom. The molecule has 0 saturated carbocycles. The van der Waals surface area contributed by atoms with Crippen LogP contribution in [-0.2, 0) is 4.79 Å². The van der Waals surface area contributed by atoms with Crippen LogP contribution >= 0.6 is 0 Å². The lowest BCUT2D eigenvalue weighted by Crippen LogP contribution is -2.16. The van der Waals surface area contributed by atoms with Crippen molar-refractivity contribution in [2.45, 2.75) is 12.5 Å². The summed E-state index contributed by atoms with van der Waals surface area (Å²) >= 11 is 0. The molecule has 0 aliphatic rings. The van der Waals surface area contributed by atoms with Gasteiger partial charge in [0.2, 0.25) is 5.95 Å². The van der Waals surface area contributed by atoms with E-state index in [-0.39, 0.29) is 12.3 Å². The molecule has 9 nitrogen and oxygen atoms in total. The first-order valence-electron chi connectivity index (χ1n) is 10.1. The van der Waals surface area contributed by atoms with Gasteiger partial charge >= 0.3 is 5.97 Å². The molecule has 1 unspecified atom stereocenters. The lowest BCUT2D eigenvalue weighted by molar-refractivity contribution is -0.138. The minimum Gasteiger partial charge on any atom is -0.483 e. The summed E-state index contributed by atoms with van der Waals surface area (Å²) in [4.78, 5) is 35.4. The maximum Gasteiger partial charge on any atom is 0.307 e. The van der Waals surface area contributed by atoms with Gasteiger partial charge in [0, 0.05) is 41.6 Å². The van der Waals surface area contributed by atoms with Crippen molar-refractivity contribution in [1.82, 2.24) is 15.0 Å². The van der Waals surface area contributed by atoms with E-state index in [1.165, 1.54) is 0 Å². The van der Waals surface area contributed by atoms with Gasteiger partial charge in [-0.15, -0.1) is 0 Å². The first-order valence-corrected chi connectivity index (χ1v) is 10.1. The fourth-order valence-electron chi connectivity index (χ4n) is 3.18. The predicted octanol–water partition coefficient (Wildman–Crippen LogP) is 4.40. The third-order valence-electron chi connectivity index (χ3n) is 4.71. The van der Waals surface area contributed by atoms with Gasteiger partial charge in [-0.3, -0.25) is 14.6 Å². The van der Waals surface area contributed by atoms with Crippen molar-refractivity contribution in [3.05, 3.63) is 96.6 Å². The number of benzene rings is 2. The van der Waals surface area contributed by atoms with Crippen molar-refractivity contribution in [2.24, 2.45) is 0 Å². The van der Waals surface area contributed by atoms with E-state index < -0.39 is 12.1 Å². The smallest absolute Gasteiger partial charge is 0.307 e. The summed E-state index contributed by atoms with van der Waals surface area (Å²) in [6, 6.07) is 17.3. The van der Waals surface area contributed by atoms with Gasteiger partial charge in [0.05, 0.1) is 12.1 Å². The summed E-state index contributed by atoms with van der Waals surface area (Å²) in [7, 11) is 0. The number of anilines is 3. The number of H-pyrrole nitrogens is 1. The van der Waals surface area contributed by atoms with Gasteiger partial charge in [0.1, 0.15) is 11.9 Å². The van der Waals surface area contributed by atoms with Crippen LogP contribution in [0.2, 0.25) is 0 Å². The van der Waals surface area contributed by atoms with Crippen LogP contribution in [0.25, 0.3) is 0 Å². The number of aromatic amines is 1. The zero-order valence-electron chi connectivity index (χ0n) is 17.4. The van der Waals surface area contributed by atoms with Crippen LogP contribution < -0.4 is 15.4 Å². The molecular formula is C24H21N5O4. The molecule has 166 valence electrons. The van der Waals surface area contributed by atoms with Gasteiger partial charge in [-0.2, -0.15) is 0 Å². The van der Waals surface area contributed by atoms with Gasteiger partial charge < -0.3 is 25.5 Å². The Morgan fingerprint density at radius 2 is 1.94 bits per heavy atom.